The van der Waals surface area contributed by atoms with Crippen molar-refractivity contribution in [3.63, 3.8) is 0 Å². The summed E-state index contributed by atoms with van der Waals surface area (Å²) in [7, 11) is 0. The van der Waals surface area contributed by atoms with Gasteiger partial charge in [0.15, 0.2) is 0 Å². The van der Waals surface area contributed by atoms with Crippen molar-refractivity contribution >= 4 is 17.7 Å². The molecule has 86 valence electrons. The normalized spacial score (nSPS) is 26.6. The molecule has 1 aromatic carbocycles. The molecule has 0 radical (unpaired) electrons. The summed E-state index contributed by atoms with van der Waals surface area (Å²) in [6.07, 6.45) is 0. The number of rotatable bonds is 3. The summed E-state index contributed by atoms with van der Waals surface area (Å²) in [5.74, 6) is 0.225. The van der Waals surface area contributed by atoms with Crippen LogP contribution in [0.5, 0.6) is 0 Å². The molecule has 2 rings (SSSR count). The number of carboxylic acid groups (broad SMARTS) is 1. The summed E-state index contributed by atoms with van der Waals surface area (Å²) >= 11 is 1.69. The maximum absolute atomic E-state index is 10.8. The number of hydrogen-bond acceptors (Lipinski definition) is 3. The highest BCUT2D eigenvalue weighted by Gasteiger charge is 2.32. The van der Waals surface area contributed by atoms with Gasteiger partial charge in [0.05, 0.1) is 5.37 Å². The third kappa shape index (κ3) is 2.39. The second-order valence-corrected chi connectivity index (χ2v) is 5.19. The van der Waals surface area contributed by atoms with Gasteiger partial charge in [-0.25, -0.2) is 0 Å². The van der Waals surface area contributed by atoms with Crippen LogP contribution in [0.3, 0.4) is 0 Å². The van der Waals surface area contributed by atoms with Crippen molar-refractivity contribution in [1.29, 1.82) is 0 Å². The zero-order valence-electron chi connectivity index (χ0n) is 9.09. The molecule has 1 aliphatic heterocycles. The van der Waals surface area contributed by atoms with Gasteiger partial charge >= 0.3 is 5.97 Å². The van der Waals surface area contributed by atoms with E-state index in [0.717, 1.165) is 0 Å². The highest BCUT2D eigenvalue weighted by Crippen LogP contribution is 2.31. The lowest BCUT2D eigenvalue weighted by atomic mass is 10.0. The standard InChI is InChI=1S/C12H15NO2S/c1-8(9-5-3-2-4-6-9)11-13-10(7-16-11)12(14)15/h2-6,8,10-11,13H,7H2,1H3,(H,14,15)/t8-,10+,11-/m0/s1. The maximum atomic E-state index is 10.8. The van der Waals surface area contributed by atoms with Crippen LogP contribution in [0.1, 0.15) is 18.4 Å². The summed E-state index contributed by atoms with van der Waals surface area (Å²) in [5.41, 5.74) is 1.25. The number of carboxylic acids is 1. The summed E-state index contributed by atoms with van der Waals surface area (Å²) < 4.78 is 0. The summed E-state index contributed by atoms with van der Waals surface area (Å²) in [6, 6.07) is 9.79. The van der Waals surface area contributed by atoms with Crippen LogP contribution < -0.4 is 5.32 Å². The Balaban J connectivity index is 2.02. The fourth-order valence-corrected chi connectivity index (χ4v) is 3.20. The lowest BCUT2D eigenvalue weighted by Crippen LogP contribution is -2.38. The first-order chi connectivity index (χ1) is 7.68. The van der Waals surface area contributed by atoms with E-state index in [0.29, 0.717) is 11.7 Å². The average Bonchev–Trinajstić information content (AvgIpc) is 2.78. The predicted octanol–water partition coefficient (Wildman–Crippen LogP) is 1.91. The molecule has 1 fully saturated rings. The molecule has 1 aromatic rings. The number of hydrogen-bond donors (Lipinski definition) is 2. The largest absolute Gasteiger partial charge is 0.480 e. The van der Waals surface area contributed by atoms with Crippen LogP contribution in [-0.2, 0) is 4.79 Å². The Hall–Kier alpha value is -1.00. The van der Waals surface area contributed by atoms with E-state index >= 15 is 0 Å². The molecule has 0 amide bonds. The van der Waals surface area contributed by atoms with Crippen LogP contribution in [0.2, 0.25) is 0 Å². The molecule has 4 heteroatoms. The molecule has 0 unspecified atom stereocenters. The van der Waals surface area contributed by atoms with E-state index in [1.54, 1.807) is 11.8 Å². The Morgan fingerprint density at radius 3 is 2.75 bits per heavy atom. The molecular formula is C12H15NO2S. The van der Waals surface area contributed by atoms with Gasteiger partial charge in [0.2, 0.25) is 0 Å². The Morgan fingerprint density at radius 1 is 1.50 bits per heavy atom. The van der Waals surface area contributed by atoms with Gasteiger partial charge in [-0.2, -0.15) is 0 Å². The van der Waals surface area contributed by atoms with Gasteiger partial charge in [0.1, 0.15) is 6.04 Å². The molecule has 3 atom stereocenters. The molecular weight excluding hydrogens is 222 g/mol. The molecule has 3 nitrogen and oxygen atoms in total. The van der Waals surface area contributed by atoms with Crippen molar-refractivity contribution in [3.05, 3.63) is 35.9 Å². The topological polar surface area (TPSA) is 49.3 Å². The monoisotopic (exact) mass is 237 g/mol. The molecule has 2 N–H and O–H groups in total. The van der Waals surface area contributed by atoms with Crippen molar-refractivity contribution in [2.75, 3.05) is 5.75 Å². The quantitative estimate of drug-likeness (QED) is 0.843. The molecule has 1 saturated heterocycles. The van der Waals surface area contributed by atoms with E-state index in [1.807, 2.05) is 18.2 Å². The van der Waals surface area contributed by atoms with Gasteiger partial charge in [-0.05, 0) is 5.56 Å². The first-order valence-electron chi connectivity index (χ1n) is 5.34. The van der Waals surface area contributed by atoms with Gasteiger partial charge in [-0.1, -0.05) is 37.3 Å². The summed E-state index contributed by atoms with van der Waals surface area (Å²) in [5, 5.41) is 12.3. The van der Waals surface area contributed by atoms with Crippen molar-refractivity contribution in [1.82, 2.24) is 5.32 Å². The second-order valence-electron chi connectivity index (χ2n) is 4.01. The fraction of sp³-hybridized carbons (Fsp3) is 0.417. The Bertz CT molecular complexity index is 369. The van der Waals surface area contributed by atoms with E-state index in [-0.39, 0.29) is 5.37 Å². The summed E-state index contributed by atoms with van der Waals surface area (Å²) in [4.78, 5) is 10.8. The van der Waals surface area contributed by atoms with E-state index in [2.05, 4.69) is 24.4 Å². The minimum atomic E-state index is -0.754. The molecule has 0 saturated carbocycles. The molecule has 0 spiro atoms. The van der Waals surface area contributed by atoms with Crippen molar-refractivity contribution in [2.24, 2.45) is 0 Å². The first-order valence-corrected chi connectivity index (χ1v) is 6.39. The van der Waals surface area contributed by atoms with Gasteiger partial charge < -0.3 is 5.11 Å². The highest BCUT2D eigenvalue weighted by molar-refractivity contribution is 8.00. The van der Waals surface area contributed by atoms with E-state index in [4.69, 9.17) is 5.11 Å². The molecule has 1 aliphatic rings. The molecule has 1 heterocycles. The van der Waals surface area contributed by atoms with Crippen molar-refractivity contribution < 1.29 is 9.90 Å². The highest BCUT2D eigenvalue weighted by atomic mass is 32.2. The number of benzene rings is 1. The number of carbonyl (C=O) groups is 1. The second kappa shape index (κ2) is 4.89. The van der Waals surface area contributed by atoms with Crippen LogP contribution in [0.15, 0.2) is 30.3 Å². The van der Waals surface area contributed by atoms with Crippen molar-refractivity contribution in [2.45, 2.75) is 24.3 Å². The van der Waals surface area contributed by atoms with Crippen LogP contribution in [0.4, 0.5) is 0 Å². The average molecular weight is 237 g/mol. The zero-order valence-corrected chi connectivity index (χ0v) is 9.91. The van der Waals surface area contributed by atoms with Gasteiger partial charge in [-0.15, -0.1) is 11.8 Å². The number of thioether (sulfide) groups is 1. The van der Waals surface area contributed by atoms with Crippen LogP contribution in [0, 0.1) is 0 Å². The van der Waals surface area contributed by atoms with Crippen LogP contribution in [-0.4, -0.2) is 28.2 Å². The lowest BCUT2D eigenvalue weighted by molar-refractivity contribution is -0.138. The van der Waals surface area contributed by atoms with Gasteiger partial charge in [0.25, 0.3) is 0 Å². The Morgan fingerprint density at radius 2 is 2.19 bits per heavy atom. The molecule has 0 aromatic heterocycles. The predicted molar refractivity (Wildman–Crippen MR) is 65.7 cm³/mol. The molecule has 0 aliphatic carbocycles. The molecule has 16 heavy (non-hydrogen) atoms. The van der Waals surface area contributed by atoms with E-state index < -0.39 is 12.0 Å². The van der Waals surface area contributed by atoms with Crippen LogP contribution in [0.25, 0.3) is 0 Å². The number of aliphatic carboxylic acids is 1. The molecule has 0 bridgehead atoms. The minimum absolute atomic E-state index is 0.198. The third-order valence-electron chi connectivity index (χ3n) is 2.89. The zero-order chi connectivity index (χ0) is 11.5. The van der Waals surface area contributed by atoms with Crippen LogP contribution >= 0.6 is 11.8 Å². The maximum Gasteiger partial charge on any atom is 0.321 e. The SMILES string of the molecule is C[C@@H](c1ccccc1)[C@H]1N[C@@H](C(=O)O)CS1. The Kier molecular flexibility index (Phi) is 3.51. The first kappa shape index (κ1) is 11.5. The van der Waals surface area contributed by atoms with E-state index in [1.165, 1.54) is 5.56 Å². The van der Waals surface area contributed by atoms with Crippen molar-refractivity contribution in [3.8, 4) is 0 Å². The Labute approximate surface area is 99.2 Å². The van der Waals surface area contributed by atoms with E-state index in [9.17, 15) is 4.79 Å². The minimum Gasteiger partial charge on any atom is -0.480 e. The van der Waals surface area contributed by atoms with Gasteiger partial charge in [0, 0.05) is 11.7 Å². The fourth-order valence-electron chi connectivity index (χ4n) is 1.86. The van der Waals surface area contributed by atoms with Gasteiger partial charge in [-0.3, -0.25) is 10.1 Å². The summed E-state index contributed by atoms with van der Waals surface area (Å²) in [6.45, 7) is 2.13. The smallest absolute Gasteiger partial charge is 0.321 e. The lowest BCUT2D eigenvalue weighted by Gasteiger charge is -2.19. The number of nitrogens with one attached hydrogen (secondary N) is 1. The third-order valence-corrected chi connectivity index (χ3v) is 4.31.